The van der Waals surface area contributed by atoms with Crippen LogP contribution < -0.4 is 10.6 Å². The molecular weight excluding hydrogens is 399 g/mol. The van der Waals surface area contributed by atoms with Crippen LogP contribution in [0.3, 0.4) is 0 Å². The van der Waals surface area contributed by atoms with Crippen molar-refractivity contribution in [2.75, 3.05) is 7.11 Å². The molecule has 3 aromatic carbocycles. The van der Waals surface area contributed by atoms with Crippen molar-refractivity contribution in [1.82, 2.24) is 0 Å². The normalized spacial score (nSPS) is 11.7. The van der Waals surface area contributed by atoms with Gasteiger partial charge in [-0.15, -0.1) is 0 Å². The molecule has 3 aromatic rings. The number of carbonyl (C=O) groups excluding carboxylic acids is 1. The van der Waals surface area contributed by atoms with Crippen LogP contribution in [0.5, 0.6) is 0 Å². The van der Waals surface area contributed by atoms with Gasteiger partial charge >= 0.3 is 5.97 Å². The van der Waals surface area contributed by atoms with E-state index in [1.165, 1.54) is 23.0 Å². The van der Waals surface area contributed by atoms with Crippen LogP contribution in [-0.2, 0) is 10.9 Å². The van der Waals surface area contributed by atoms with Gasteiger partial charge in [-0.3, -0.25) is 0 Å². The number of ether oxygens (including phenoxy) is 1. The Labute approximate surface area is 185 Å². The number of benzene rings is 3. The van der Waals surface area contributed by atoms with Gasteiger partial charge in [-0.25, -0.2) is 4.79 Å². The summed E-state index contributed by atoms with van der Waals surface area (Å²) in [6.45, 7) is 2.29. The summed E-state index contributed by atoms with van der Waals surface area (Å²) in [6.07, 6.45) is 9.28. The molecule has 0 N–H and O–H groups in total. The van der Waals surface area contributed by atoms with Crippen LogP contribution in [0.15, 0.2) is 109 Å². The fourth-order valence-corrected chi connectivity index (χ4v) is 8.02. The van der Waals surface area contributed by atoms with Crippen molar-refractivity contribution in [3.8, 4) is 0 Å². The second-order valence-electron chi connectivity index (χ2n) is 7.36. The molecule has 0 heterocycles. The summed E-state index contributed by atoms with van der Waals surface area (Å²) in [7, 11) is 1.42. The van der Waals surface area contributed by atoms with Crippen LogP contribution >= 0.6 is 6.89 Å². The highest BCUT2D eigenvalue weighted by Gasteiger charge is 2.25. The number of esters is 1. The predicted molar refractivity (Wildman–Crippen MR) is 135 cm³/mol. The van der Waals surface area contributed by atoms with Crippen molar-refractivity contribution in [3.63, 3.8) is 0 Å². The summed E-state index contributed by atoms with van der Waals surface area (Å²) in [4.78, 5) is 12.1. The molecule has 3 rings (SSSR count). The highest BCUT2D eigenvalue weighted by Crippen LogP contribution is 2.50. The Hall–Kier alpha value is -3.09. The largest absolute Gasteiger partial charge is 0.465 e. The third-order valence-corrected chi connectivity index (χ3v) is 9.96. The molecule has 0 atom stereocenters. The number of carbonyl (C=O) groups is 1. The molecule has 0 aromatic heterocycles. The standard InChI is InChI=1S/C28H29O2P/c1-4-5-8-14-23(2)31(26-17-9-6-10-18-26,27-19-11-7-12-20-27)22-24-15-13-16-25(21-24)28(29)30-3/h4-21H,22H2,1-3H3/b5-4?,14-8-. The first-order valence-electron chi connectivity index (χ1n) is 10.4. The highest BCUT2D eigenvalue weighted by atomic mass is 31.2. The summed E-state index contributed by atoms with van der Waals surface area (Å²) in [5.74, 6) is -0.307. The fraction of sp³-hybridized carbons (Fsp3) is 0.143. The van der Waals surface area contributed by atoms with Gasteiger partial charge in [-0.2, -0.15) is 0 Å². The topological polar surface area (TPSA) is 26.3 Å². The zero-order valence-corrected chi connectivity index (χ0v) is 19.3. The van der Waals surface area contributed by atoms with E-state index in [9.17, 15) is 4.79 Å². The number of hydrogen-bond acceptors (Lipinski definition) is 2. The lowest BCUT2D eigenvalue weighted by Gasteiger charge is -2.31. The zero-order chi connectivity index (χ0) is 22.1. The van der Waals surface area contributed by atoms with Gasteiger partial charge in [0.05, 0.1) is 12.7 Å². The van der Waals surface area contributed by atoms with Crippen LogP contribution in [0.2, 0.25) is 0 Å². The molecule has 3 heteroatoms. The first kappa shape index (κ1) is 22.6. The lowest BCUT2D eigenvalue weighted by atomic mass is 10.1. The molecule has 0 aliphatic rings. The average molecular weight is 429 g/mol. The van der Waals surface area contributed by atoms with E-state index in [4.69, 9.17) is 4.74 Å². The van der Waals surface area contributed by atoms with Crippen LogP contribution in [0.25, 0.3) is 0 Å². The Balaban J connectivity index is 2.30. The van der Waals surface area contributed by atoms with Crippen molar-refractivity contribution in [2.24, 2.45) is 0 Å². The molecule has 0 unspecified atom stereocenters. The number of rotatable bonds is 7. The first-order chi connectivity index (χ1) is 15.1. The molecule has 0 fully saturated rings. The van der Waals surface area contributed by atoms with E-state index in [1.807, 2.05) is 31.2 Å². The molecule has 0 amide bonds. The molecule has 0 bridgehead atoms. The molecule has 0 saturated carbocycles. The van der Waals surface area contributed by atoms with Gasteiger partial charge in [0.1, 0.15) is 0 Å². The van der Waals surface area contributed by atoms with E-state index in [0.717, 1.165) is 11.7 Å². The van der Waals surface area contributed by atoms with E-state index in [2.05, 4.69) is 91.9 Å². The van der Waals surface area contributed by atoms with Crippen molar-refractivity contribution >= 4 is 28.8 Å². The minimum Gasteiger partial charge on any atom is -0.465 e. The first-order valence-corrected chi connectivity index (χ1v) is 12.4. The molecule has 31 heavy (non-hydrogen) atoms. The summed E-state index contributed by atoms with van der Waals surface area (Å²) >= 11 is 0. The van der Waals surface area contributed by atoms with Gasteiger partial charge in [0.25, 0.3) is 0 Å². The molecule has 2 nitrogen and oxygen atoms in total. The van der Waals surface area contributed by atoms with Crippen LogP contribution in [0, 0.1) is 0 Å². The lowest BCUT2D eigenvalue weighted by Crippen LogP contribution is -2.22. The monoisotopic (exact) mass is 428 g/mol. The van der Waals surface area contributed by atoms with Gasteiger partial charge in [0, 0.05) is 6.16 Å². The van der Waals surface area contributed by atoms with E-state index < -0.39 is 6.89 Å². The van der Waals surface area contributed by atoms with E-state index in [0.29, 0.717) is 5.56 Å². The molecule has 0 spiro atoms. The number of allylic oxidation sites excluding steroid dienone is 4. The Kier molecular flexibility index (Phi) is 7.87. The maximum atomic E-state index is 12.1. The lowest BCUT2D eigenvalue weighted by molar-refractivity contribution is 0.0600. The van der Waals surface area contributed by atoms with E-state index >= 15 is 0 Å². The second-order valence-corrected chi connectivity index (χ2v) is 11.0. The fourth-order valence-electron chi connectivity index (χ4n) is 3.85. The Bertz CT molecular complexity index is 1080. The highest BCUT2D eigenvalue weighted by molar-refractivity contribution is 7.89. The van der Waals surface area contributed by atoms with Gasteiger partial charge in [-0.1, -0.05) is 97.1 Å². The quantitative estimate of drug-likeness (QED) is 0.263. The van der Waals surface area contributed by atoms with Gasteiger partial charge in [0.2, 0.25) is 0 Å². The maximum Gasteiger partial charge on any atom is 0.337 e. The Morgan fingerprint density at radius 3 is 2.03 bits per heavy atom. The average Bonchev–Trinajstić information content (AvgIpc) is 2.83. The predicted octanol–water partition coefficient (Wildman–Crippen LogP) is 5.97. The van der Waals surface area contributed by atoms with Crippen LogP contribution in [-0.4, -0.2) is 18.4 Å². The SMILES string of the molecule is CC=C/C=C\C(C)=P(Cc1cccc(C(=O)OC)c1)(c1ccccc1)c1ccccc1. The number of hydrogen-bond donors (Lipinski definition) is 0. The summed E-state index contributed by atoms with van der Waals surface area (Å²) in [5.41, 5.74) is 1.71. The smallest absolute Gasteiger partial charge is 0.337 e. The molecular formula is C28H29O2P. The van der Waals surface area contributed by atoms with Crippen molar-refractivity contribution in [1.29, 1.82) is 0 Å². The minimum atomic E-state index is -1.97. The summed E-state index contributed by atoms with van der Waals surface area (Å²) in [5, 5.41) is 3.99. The van der Waals surface area contributed by atoms with Gasteiger partial charge < -0.3 is 4.74 Å². The van der Waals surface area contributed by atoms with Crippen molar-refractivity contribution in [2.45, 2.75) is 20.0 Å². The third kappa shape index (κ3) is 5.16. The molecule has 0 radical (unpaired) electrons. The number of methoxy groups -OCH3 is 1. The van der Waals surface area contributed by atoms with E-state index in [-0.39, 0.29) is 5.97 Å². The molecule has 158 valence electrons. The minimum absolute atomic E-state index is 0.307. The van der Waals surface area contributed by atoms with Gasteiger partial charge in [0.15, 0.2) is 0 Å². The maximum absolute atomic E-state index is 12.1. The molecule has 0 saturated heterocycles. The Morgan fingerprint density at radius 1 is 0.871 bits per heavy atom. The van der Waals surface area contributed by atoms with Gasteiger partial charge in [-0.05, 0) is 54.3 Å². The zero-order valence-electron chi connectivity index (χ0n) is 18.4. The van der Waals surface area contributed by atoms with Crippen LogP contribution in [0.4, 0.5) is 0 Å². The second kappa shape index (κ2) is 10.8. The van der Waals surface area contributed by atoms with Crippen LogP contribution in [0.1, 0.15) is 29.8 Å². The molecule has 0 aliphatic carbocycles. The summed E-state index contributed by atoms with van der Waals surface area (Å²) < 4.78 is 4.95. The van der Waals surface area contributed by atoms with Crippen molar-refractivity contribution < 1.29 is 9.53 Å². The summed E-state index contributed by atoms with van der Waals surface area (Å²) in [6, 6.07) is 29.3. The van der Waals surface area contributed by atoms with E-state index in [1.54, 1.807) is 0 Å². The van der Waals surface area contributed by atoms with Crippen molar-refractivity contribution in [3.05, 3.63) is 120 Å². The Morgan fingerprint density at radius 2 is 1.48 bits per heavy atom. The molecule has 0 aliphatic heterocycles. The third-order valence-electron chi connectivity index (χ3n) is 5.40.